The van der Waals surface area contributed by atoms with E-state index in [0.717, 1.165) is 3.59 Å². The lowest BCUT2D eigenvalue weighted by atomic mass is 10.5. The summed E-state index contributed by atoms with van der Waals surface area (Å²) in [5, 5.41) is 0. The maximum Gasteiger partial charge on any atom is 0.340 e. The molecule has 0 saturated heterocycles. The van der Waals surface area contributed by atoms with Gasteiger partial charge in [0, 0.05) is 0 Å². The second-order valence-corrected chi connectivity index (χ2v) is 2.85. The lowest BCUT2D eigenvalue weighted by Gasteiger charge is -1.90. The first-order chi connectivity index (χ1) is 5.70. The van der Waals surface area contributed by atoms with Crippen LogP contribution in [-0.2, 0) is 0 Å². The number of hydrogen-bond donors (Lipinski definition) is 2. The van der Waals surface area contributed by atoms with E-state index in [1.165, 1.54) is 6.33 Å². The molecule has 0 aliphatic rings. The Kier molecular flexibility index (Phi) is 1.40. The van der Waals surface area contributed by atoms with E-state index < -0.39 is 11.2 Å². The second-order valence-electron chi connectivity index (χ2n) is 2.14. The molecular formula is C5H3BrN4O2. The van der Waals surface area contributed by atoms with Gasteiger partial charge in [-0.05, 0) is 0 Å². The lowest BCUT2D eigenvalue weighted by Crippen LogP contribution is -2.28. The van der Waals surface area contributed by atoms with Crippen LogP contribution in [-0.4, -0.2) is 18.5 Å². The molecule has 0 fully saturated rings. The average Bonchev–Trinajstić information content (AvgIpc) is 2.48. The first-order valence-electron chi connectivity index (χ1n) is 3.04. The molecule has 0 atom stereocenters. The molecule has 0 spiro atoms. The lowest BCUT2D eigenvalue weighted by molar-refractivity contribution is 1.02. The van der Waals surface area contributed by atoms with Gasteiger partial charge in [-0.15, -0.1) is 0 Å². The van der Waals surface area contributed by atoms with Crippen molar-refractivity contribution in [1.82, 2.24) is 18.5 Å². The van der Waals surface area contributed by atoms with Gasteiger partial charge in [-0.1, -0.05) is 0 Å². The summed E-state index contributed by atoms with van der Waals surface area (Å²) in [5.41, 5.74) is -0.460. The fourth-order valence-corrected chi connectivity index (χ4v) is 1.16. The largest absolute Gasteiger partial charge is 0.340 e. The molecule has 0 radical (unpaired) electrons. The molecule has 2 heterocycles. The number of nitrogens with zero attached hydrogens (tertiary/aromatic N) is 2. The Bertz CT molecular complexity index is 536. The van der Waals surface area contributed by atoms with Crippen LogP contribution < -0.4 is 11.2 Å². The van der Waals surface area contributed by atoms with Crippen molar-refractivity contribution in [3.8, 4) is 0 Å². The van der Waals surface area contributed by atoms with Crippen molar-refractivity contribution in [2.24, 2.45) is 0 Å². The summed E-state index contributed by atoms with van der Waals surface area (Å²) in [6.45, 7) is 0. The third-order valence-corrected chi connectivity index (χ3v) is 2.08. The molecule has 0 aromatic carbocycles. The summed E-state index contributed by atoms with van der Waals surface area (Å²) < 4.78 is 0.799. The van der Waals surface area contributed by atoms with Crippen molar-refractivity contribution in [2.75, 3.05) is 0 Å². The van der Waals surface area contributed by atoms with Crippen molar-refractivity contribution < 1.29 is 0 Å². The molecule has 62 valence electrons. The van der Waals surface area contributed by atoms with E-state index in [1.807, 2.05) is 0 Å². The van der Waals surface area contributed by atoms with Crippen LogP contribution in [0.25, 0.3) is 11.2 Å². The first kappa shape index (κ1) is 7.29. The SMILES string of the molecule is O=c1[nH]c2nc[nH]c2c(=O)n1Br. The number of rotatable bonds is 0. The third kappa shape index (κ3) is 0.828. The molecular weight excluding hydrogens is 228 g/mol. The molecule has 0 aliphatic heterocycles. The van der Waals surface area contributed by atoms with E-state index in [9.17, 15) is 9.59 Å². The van der Waals surface area contributed by atoms with Crippen LogP contribution in [0.2, 0.25) is 0 Å². The third-order valence-electron chi connectivity index (χ3n) is 1.44. The van der Waals surface area contributed by atoms with E-state index in [-0.39, 0.29) is 11.2 Å². The van der Waals surface area contributed by atoms with Gasteiger partial charge in [0.05, 0.1) is 22.5 Å². The minimum Gasteiger partial charge on any atom is -0.339 e. The highest BCUT2D eigenvalue weighted by molar-refractivity contribution is 9.08. The molecule has 2 aromatic heterocycles. The summed E-state index contributed by atoms with van der Waals surface area (Å²) >= 11 is 2.80. The number of halogens is 1. The van der Waals surface area contributed by atoms with Crippen LogP contribution in [0.1, 0.15) is 0 Å². The Hall–Kier alpha value is -1.37. The second kappa shape index (κ2) is 2.31. The van der Waals surface area contributed by atoms with Crippen molar-refractivity contribution in [3.05, 3.63) is 27.2 Å². The van der Waals surface area contributed by atoms with E-state index >= 15 is 0 Å². The molecule has 6 nitrogen and oxygen atoms in total. The quantitative estimate of drug-likeness (QED) is 0.645. The maximum absolute atomic E-state index is 11.2. The molecule has 0 unspecified atom stereocenters. The van der Waals surface area contributed by atoms with E-state index in [2.05, 4.69) is 31.1 Å². The van der Waals surface area contributed by atoms with Gasteiger partial charge in [-0.3, -0.25) is 9.78 Å². The van der Waals surface area contributed by atoms with E-state index in [1.54, 1.807) is 0 Å². The van der Waals surface area contributed by atoms with Crippen LogP contribution in [0.3, 0.4) is 0 Å². The molecule has 0 saturated carbocycles. The van der Waals surface area contributed by atoms with Gasteiger partial charge in [0.25, 0.3) is 5.56 Å². The number of aromatic nitrogens is 4. The number of H-pyrrole nitrogens is 2. The van der Waals surface area contributed by atoms with Crippen molar-refractivity contribution in [2.45, 2.75) is 0 Å². The van der Waals surface area contributed by atoms with E-state index in [0.29, 0.717) is 0 Å². The Morgan fingerprint density at radius 2 is 2.25 bits per heavy atom. The molecule has 12 heavy (non-hydrogen) atoms. The van der Waals surface area contributed by atoms with Gasteiger partial charge in [0.2, 0.25) is 0 Å². The van der Waals surface area contributed by atoms with Crippen molar-refractivity contribution >= 4 is 27.3 Å². The zero-order chi connectivity index (χ0) is 8.72. The first-order valence-corrected chi connectivity index (χ1v) is 3.75. The summed E-state index contributed by atoms with van der Waals surface area (Å²) in [6, 6.07) is 0. The predicted molar refractivity (Wildman–Crippen MR) is 45.3 cm³/mol. The maximum atomic E-state index is 11.2. The smallest absolute Gasteiger partial charge is 0.339 e. The molecule has 2 aromatic rings. The monoisotopic (exact) mass is 230 g/mol. The Balaban J connectivity index is 3.16. The molecule has 2 N–H and O–H groups in total. The predicted octanol–water partition coefficient (Wildman–Crippen LogP) is -0.429. The van der Waals surface area contributed by atoms with E-state index in [4.69, 9.17) is 0 Å². The number of imidazole rings is 1. The van der Waals surface area contributed by atoms with Crippen LogP contribution in [0, 0.1) is 0 Å². The highest BCUT2D eigenvalue weighted by Crippen LogP contribution is 1.95. The topological polar surface area (TPSA) is 83.5 Å². The fourth-order valence-electron chi connectivity index (χ4n) is 0.893. The van der Waals surface area contributed by atoms with Crippen LogP contribution in [0.4, 0.5) is 0 Å². The normalized spacial score (nSPS) is 10.8. The average molecular weight is 231 g/mol. The minimum absolute atomic E-state index is 0.265. The van der Waals surface area contributed by atoms with Gasteiger partial charge in [-0.25, -0.2) is 9.78 Å². The van der Waals surface area contributed by atoms with Crippen LogP contribution in [0.5, 0.6) is 0 Å². The zero-order valence-corrected chi connectivity index (χ0v) is 7.25. The fraction of sp³-hybridized carbons (Fsp3) is 0. The molecule has 0 amide bonds. The Labute approximate surface area is 73.6 Å². The standard InChI is InChI=1S/C5H3BrN4O2/c6-10-4(11)2-3(8-1-7-2)9-5(10)12/h1H,(H,7,8)(H,9,12). The molecule has 7 heteroatoms. The van der Waals surface area contributed by atoms with Crippen LogP contribution >= 0.6 is 16.1 Å². The summed E-state index contributed by atoms with van der Waals surface area (Å²) in [6.07, 6.45) is 1.34. The van der Waals surface area contributed by atoms with Gasteiger partial charge in [-0.2, -0.15) is 3.59 Å². The summed E-state index contributed by atoms with van der Waals surface area (Å²) in [4.78, 5) is 30.9. The molecule has 0 bridgehead atoms. The number of fused-ring (bicyclic) bond motifs is 1. The molecule has 2 rings (SSSR count). The highest BCUT2D eigenvalue weighted by Gasteiger charge is 2.05. The zero-order valence-electron chi connectivity index (χ0n) is 5.67. The van der Waals surface area contributed by atoms with Crippen LogP contribution in [0.15, 0.2) is 15.9 Å². The number of aromatic amines is 2. The summed E-state index contributed by atoms with van der Waals surface area (Å²) in [7, 11) is 0. The Morgan fingerprint density at radius 1 is 1.50 bits per heavy atom. The van der Waals surface area contributed by atoms with Gasteiger partial charge >= 0.3 is 5.69 Å². The number of hydrogen-bond acceptors (Lipinski definition) is 3. The van der Waals surface area contributed by atoms with Gasteiger partial charge in [0.15, 0.2) is 11.2 Å². The molecule has 0 aliphatic carbocycles. The van der Waals surface area contributed by atoms with Crippen molar-refractivity contribution in [1.29, 1.82) is 0 Å². The highest BCUT2D eigenvalue weighted by atomic mass is 79.9. The number of nitrogens with one attached hydrogen (secondary N) is 2. The minimum atomic E-state index is -0.542. The van der Waals surface area contributed by atoms with Gasteiger partial charge in [0.1, 0.15) is 0 Å². The van der Waals surface area contributed by atoms with Crippen molar-refractivity contribution in [3.63, 3.8) is 0 Å². The van der Waals surface area contributed by atoms with Gasteiger partial charge < -0.3 is 4.98 Å². The Morgan fingerprint density at radius 3 is 3.00 bits per heavy atom. The summed E-state index contributed by atoms with van der Waals surface area (Å²) in [5.74, 6) is 0.